The van der Waals surface area contributed by atoms with Gasteiger partial charge in [-0.25, -0.2) is 4.98 Å². The van der Waals surface area contributed by atoms with Crippen molar-refractivity contribution in [2.75, 3.05) is 0 Å². The Hall–Kier alpha value is -3.88. The van der Waals surface area contributed by atoms with Crippen LogP contribution in [0.3, 0.4) is 0 Å². The summed E-state index contributed by atoms with van der Waals surface area (Å²) in [5, 5.41) is 0.754. The lowest BCUT2D eigenvalue weighted by molar-refractivity contribution is -0.121. The third-order valence-electron chi connectivity index (χ3n) is 4.84. The monoisotopic (exact) mass is 481 g/mol. The van der Waals surface area contributed by atoms with E-state index in [2.05, 4.69) is 15.8 Å². The van der Waals surface area contributed by atoms with Crippen molar-refractivity contribution in [1.82, 2.24) is 20.2 Å². The molecule has 4 aromatic rings. The summed E-state index contributed by atoms with van der Waals surface area (Å²) in [6.45, 7) is 0. The van der Waals surface area contributed by atoms with Crippen LogP contribution >= 0.6 is 23.2 Å². The molecule has 2 aromatic carbocycles. The van der Waals surface area contributed by atoms with Crippen LogP contribution in [0.2, 0.25) is 10.0 Å². The van der Waals surface area contributed by atoms with E-state index in [1.165, 1.54) is 12.1 Å². The van der Waals surface area contributed by atoms with Crippen LogP contribution in [0, 0.1) is 0 Å². The zero-order valence-electron chi connectivity index (χ0n) is 17.0. The van der Waals surface area contributed by atoms with Crippen molar-refractivity contribution in [3.05, 3.63) is 93.7 Å². The molecule has 10 heteroatoms. The number of hydrazine groups is 1. The second-order valence-corrected chi connectivity index (χ2v) is 7.95. The maximum atomic E-state index is 13.0. The fourth-order valence-corrected chi connectivity index (χ4v) is 3.64. The first-order valence-corrected chi connectivity index (χ1v) is 10.5. The lowest BCUT2D eigenvalue weighted by Gasteiger charge is -2.10. The maximum absolute atomic E-state index is 13.0. The maximum Gasteiger partial charge on any atom is 0.288 e. The topological polar surface area (TPSA) is 119 Å². The highest BCUT2D eigenvalue weighted by Gasteiger charge is 2.21. The number of hydrogen-bond acceptors (Lipinski definition) is 4. The van der Waals surface area contributed by atoms with E-state index in [4.69, 9.17) is 28.9 Å². The summed E-state index contributed by atoms with van der Waals surface area (Å²) in [6, 6.07) is 16.8. The molecular weight excluding hydrogens is 465 g/mol. The second-order valence-electron chi connectivity index (χ2n) is 7.10. The zero-order valence-corrected chi connectivity index (χ0v) is 18.5. The minimum Gasteiger partial charge on any atom is -0.366 e. The van der Waals surface area contributed by atoms with Crippen molar-refractivity contribution >= 4 is 46.6 Å². The van der Waals surface area contributed by atoms with Gasteiger partial charge in [0.15, 0.2) is 0 Å². The molecule has 4 N–H and O–H groups in total. The van der Waals surface area contributed by atoms with Gasteiger partial charge in [0.05, 0.1) is 17.0 Å². The SMILES string of the molecule is NC(=O)c1cc(CC(=O)NNC(=O)c2c(-c3ccc(Cl)cc3)nc3ccccn23)ccc1Cl. The van der Waals surface area contributed by atoms with Crippen LogP contribution in [0.25, 0.3) is 16.9 Å². The number of primary amides is 1. The highest BCUT2D eigenvalue weighted by molar-refractivity contribution is 6.33. The summed E-state index contributed by atoms with van der Waals surface area (Å²) in [7, 11) is 0. The van der Waals surface area contributed by atoms with Crippen LogP contribution in [-0.2, 0) is 11.2 Å². The number of hydrogen-bond donors (Lipinski definition) is 3. The molecule has 0 radical (unpaired) electrons. The van der Waals surface area contributed by atoms with E-state index in [0.717, 1.165) is 0 Å². The largest absolute Gasteiger partial charge is 0.366 e. The first-order valence-electron chi connectivity index (χ1n) is 9.74. The Bertz CT molecular complexity index is 1380. The van der Waals surface area contributed by atoms with Crippen LogP contribution < -0.4 is 16.6 Å². The Kier molecular flexibility index (Phi) is 6.30. The highest BCUT2D eigenvalue weighted by atomic mass is 35.5. The Morgan fingerprint density at radius 2 is 1.73 bits per heavy atom. The van der Waals surface area contributed by atoms with Gasteiger partial charge in [-0.1, -0.05) is 47.5 Å². The van der Waals surface area contributed by atoms with Gasteiger partial charge in [-0.05, 0) is 42.0 Å². The summed E-state index contributed by atoms with van der Waals surface area (Å²) in [5.74, 6) is -1.75. The molecule has 8 nitrogen and oxygen atoms in total. The summed E-state index contributed by atoms with van der Waals surface area (Å²) in [5.41, 5.74) is 12.7. The standard InChI is InChI=1S/C23H17Cl2N5O3/c24-15-7-5-14(6-8-15)20-21(30-10-2-1-3-18(30)27-20)23(33)29-28-19(31)12-13-4-9-17(25)16(11-13)22(26)32/h1-11H,12H2,(H2,26,32)(H,28,31)(H,29,33). The third-order valence-corrected chi connectivity index (χ3v) is 5.42. The van der Waals surface area contributed by atoms with Gasteiger partial charge in [0, 0.05) is 16.8 Å². The number of aromatic nitrogens is 2. The molecule has 0 fully saturated rings. The molecule has 2 aromatic heterocycles. The number of carbonyl (C=O) groups is 3. The van der Waals surface area contributed by atoms with Crippen LogP contribution in [0.15, 0.2) is 66.9 Å². The number of nitrogens with one attached hydrogen (secondary N) is 2. The number of nitrogens with zero attached hydrogens (tertiary/aromatic N) is 2. The number of rotatable bonds is 5. The molecule has 0 aliphatic carbocycles. The number of benzene rings is 2. The Labute approximate surface area is 198 Å². The van der Waals surface area contributed by atoms with Crippen molar-refractivity contribution < 1.29 is 14.4 Å². The quantitative estimate of drug-likeness (QED) is 0.378. The number of fused-ring (bicyclic) bond motifs is 1. The predicted molar refractivity (Wildman–Crippen MR) is 125 cm³/mol. The van der Waals surface area contributed by atoms with Crippen LogP contribution in [0.5, 0.6) is 0 Å². The number of amides is 3. The zero-order chi connectivity index (χ0) is 23.5. The van der Waals surface area contributed by atoms with E-state index in [-0.39, 0.29) is 22.7 Å². The molecule has 3 amide bonds. The van der Waals surface area contributed by atoms with Crippen LogP contribution in [-0.4, -0.2) is 27.1 Å². The van der Waals surface area contributed by atoms with Gasteiger partial charge in [-0.15, -0.1) is 0 Å². The van der Waals surface area contributed by atoms with Crippen molar-refractivity contribution in [2.24, 2.45) is 5.73 Å². The lowest BCUT2D eigenvalue weighted by atomic mass is 10.1. The Morgan fingerprint density at radius 1 is 0.970 bits per heavy atom. The molecule has 0 saturated heterocycles. The van der Waals surface area contributed by atoms with Gasteiger partial charge in [0.2, 0.25) is 11.8 Å². The molecule has 0 spiro atoms. The van der Waals surface area contributed by atoms with Crippen molar-refractivity contribution in [2.45, 2.75) is 6.42 Å². The molecule has 0 unspecified atom stereocenters. The van der Waals surface area contributed by atoms with E-state index in [9.17, 15) is 14.4 Å². The number of halogens is 2. The first-order chi connectivity index (χ1) is 15.8. The molecule has 2 heterocycles. The molecule has 33 heavy (non-hydrogen) atoms. The second kappa shape index (κ2) is 9.32. The van der Waals surface area contributed by atoms with Crippen molar-refractivity contribution in [1.29, 1.82) is 0 Å². The fourth-order valence-electron chi connectivity index (χ4n) is 3.31. The minimum atomic E-state index is -0.696. The van der Waals surface area contributed by atoms with Crippen molar-refractivity contribution in [3.8, 4) is 11.3 Å². The number of pyridine rings is 1. The van der Waals surface area contributed by atoms with Gasteiger partial charge in [0.1, 0.15) is 17.0 Å². The fraction of sp³-hybridized carbons (Fsp3) is 0.0435. The normalized spacial score (nSPS) is 10.7. The molecule has 0 saturated carbocycles. The molecule has 166 valence electrons. The highest BCUT2D eigenvalue weighted by Crippen LogP contribution is 2.26. The van der Waals surface area contributed by atoms with E-state index in [1.54, 1.807) is 53.1 Å². The first kappa shape index (κ1) is 22.3. The van der Waals surface area contributed by atoms with Gasteiger partial charge < -0.3 is 5.73 Å². The van der Waals surface area contributed by atoms with Crippen LogP contribution in [0.4, 0.5) is 0 Å². The van der Waals surface area contributed by atoms with E-state index in [0.29, 0.717) is 27.5 Å². The van der Waals surface area contributed by atoms with E-state index >= 15 is 0 Å². The average Bonchev–Trinajstić information content (AvgIpc) is 3.18. The minimum absolute atomic E-state index is 0.102. The number of nitrogens with two attached hydrogens (primary N) is 1. The molecule has 0 bridgehead atoms. The van der Waals surface area contributed by atoms with Crippen LogP contribution in [0.1, 0.15) is 26.4 Å². The lowest BCUT2D eigenvalue weighted by Crippen LogP contribution is -2.43. The molecule has 4 rings (SSSR count). The van der Waals surface area contributed by atoms with Gasteiger partial charge in [-0.3, -0.25) is 29.6 Å². The number of carbonyl (C=O) groups excluding carboxylic acids is 3. The van der Waals surface area contributed by atoms with E-state index in [1.807, 2.05) is 6.07 Å². The molecule has 0 atom stereocenters. The molecule has 0 aliphatic rings. The Balaban J connectivity index is 1.54. The third kappa shape index (κ3) is 4.82. The Morgan fingerprint density at radius 3 is 2.45 bits per heavy atom. The predicted octanol–water partition coefficient (Wildman–Crippen LogP) is 3.41. The summed E-state index contributed by atoms with van der Waals surface area (Å²) in [6.07, 6.45) is 1.60. The molecule has 0 aliphatic heterocycles. The smallest absolute Gasteiger partial charge is 0.288 e. The number of imidazole rings is 1. The van der Waals surface area contributed by atoms with Crippen molar-refractivity contribution in [3.63, 3.8) is 0 Å². The van der Waals surface area contributed by atoms with Gasteiger partial charge in [0.25, 0.3) is 5.91 Å². The summed E-state index contributed by atoms with van der Waals surface area (Å²) < 4.78 is 1.63. The summed E-state index contributed by atoms with van der Waals surface area (Å²) in [4.78, 5) is 41.4. The molecular formula is C23H17Cl2N5O3. The van der Waals surface area contributed by atoms with E-state index < -0.39 is 17.7 Å². The average molecular weight is 482 g/mol. The van der Waals surface area contributed by atoms with Gasteiger partial charge >= 0.3 is 0 Å². The summed E-state index contributed by atoms with van der Waals surface area (Å²) >= 11 is 11.9. The van der Waals surface area contributed by atoms with Gasteiger partial charge in [-0.2, -0.15) is 0 Å².